The highest BCUT2D eigenvalue weighted by Crippen LogP contribution is 2.43. The molecule has 8 rings (SSSR count). The zero-order valence-electron chi connectivity index (χ0n) is 48.5. The first-order chi connectivity index (χ1) is 40.6. The lowest BCUT2D eigenvalue weighted by Gasteiger charge is -2.50. The largest absolute Gasteiger partial charge is 0.541 e. The van der Waals surface area contributed by atoms with Crippen LogP contribution in [0, 0.1) is 0 Å². The molecule has 4 aromatic carbocycles. The molecule has 85 heavy (non-hydrogen) atoms. The van der Waals surface area contributed by atoms with Crippen LogP contribution in [0.2, 0.25) is 5.02 Å². The van der Waals surface area contributed by atoms with Crippen molar-refractivity contribution in [1.82, 2.24) is 20.1 Å². The molecule has 2 radical (unpaired) electrons. The zero-order valence-corrected chi connectivity index (χ0v) is 50.9. The van der Waals surface area contributed by atoms with Crippen LogP contribution in [0.15, 0.2) is 107 Å². The van der Waals surface area contributed by atoms with Gasteiger partial charge in [-0.2, -0.15) is 0 Å². The van der Waals surface area contributed by atoms with Gasteiger partial charge in [-0.3, -0.25) is 24.6 Å². The number of fused-ring (bicyclic) bond motifs is 1. The highest BCUT2D eigenvalue weighted by molar-refractivity contribution is 8.00. The molecule has 0 saturated carbocycles. The van der Waals surface area contributed by atoms with Gasteiger partial charge in [-0.15, -0.1) is 23.1 Å². The first kappa shape index (κ1) is 63.0. The number of hydrogen-bond acceptors (Lipinski definition) is 19. The molecule has 4 heterocycles. The summed E-state index contributed by atoms with van der Waals surface area (Å²) in [7, 11) is 13.9. The minimum absolute atomic E-state index is 0.00230. The molecule has 0 unspecified atom stereocenters. The van der Waals surface area contributed by atoms with Crippen molar-refractivity contribution in [2.24, 2.45) is 5.16 Å². The minimum atomic E-state index is -1.36. The lowest BCUT2D eigenvalue weighted by atomic mass is 9.98. The van der Waals surface area contributed by atoms with E-state index in [9.17, 15) is 28.8 Å². The number of likely N-dealkylation sites (tertiary alicyclic amines) is 1. The summed E-state index contributed by atoms with van der Waals surface area (Å²) >= 11 is 9.42. The van der Waals surface area contributed by atoms with Crippen molar-refractivity contribution in [1.29, 1.82) is 0 Å². The number of rotatable bonds is 23. The Bertz CT molecular complexity index is 3310. The Balaban J connectivity index is 0.987. The molecule has 3 aliphatic rings. The predicted molar refractivity (Wildman–Crippen MR) is 318 cm³/mol. The number of hydrogen-bond donors (Lipinski definition) is 2. The SMILES string of the molecule is [B]OC(=O)[C@@H](C)O/N=C(\C(=O)N[C@@H]1C(=O)N2C(C(=O)OCc3ccc(OC)cc3)=C(C[N+](C)(C)C3CCN(C(=O)c4ccc(OCc5ccc(OC)cc5)c(OCc5ccc(OC)cc5)c4Cl)CC3)CS[C@H]12)c1csc(NC(=O)OC(C)(C)C)n1. The third-order valence-electron chi connectivity index (χ3n) is 14.1. The maximum atomic E-state index is 14.5. The van der Waals surface area contributed by atoms with Crippen LogP contribution in [0.1, 0.15) is 73.3 Å². The molecule has 26 heteroatoms. The third-order valence-corrected chi connectivity index (χ3v) is 16.6. The summed E-state index contributed by atoms with van der Waals surface area (Å²) < 4.78 is 44.4. The van der Waals surface area contributed by atoms with Gasteiger partial charge in [0, 0.05) is 42.6 Å². The molecular weight excluding hydrogens is 1160 g/mol. The number of oxime groups is 1. The van der Waals surface area contributed by atoms with Gasteiger partial charge in [-0.05, 0) is 92.9 Å². The summed E-state index contributed by atoms with van der Waals surface area (Å²) in [5, 5.41) is 9.95. The van der Waals surface area contributed by atoms with Gasteiger partial charge in [0.1, 0.15) is 72.0 Å². The Labute approximate surface area is 507 Å². The molecule has 0 spiro atoms. The fourth-order valence-corrected chi connectivity index (χ4v) is 11.8. The number of likely N-dealkylation sites (N-methyl/N-ethyl adjacent to an activating group) is 1. The molecular formula is C59H66BClN7O15S2+. The lowest BCUT2D eigenvalue weighted by molar-refractivity contribution is -0.911. The van der Waals surface area contributed by atoms with E-state index in [0.717, 1.165) is 22.5 Å². The predicted octanol–water partition coefficient (Wildman–Crippen LogP) is 7.84. The quantitative estimate of drug-likeness (QED) is 0.0158. The molecule has 3 aliphatic heterocycles. The summed E-state index contributed by atoms with van der Waals surface area (Å²) in [6, 6.07) is 24.1. The number of ether oxygens (including phenoxy) is 7. The van der Waals surface area contributed by atoms with Crippen LogP contribution in [0.4, 0.5) is 9.93 Å². The second-order valence-corrected chi connectivity index (χ2v) is 23.9. The number of amides is 4. The molecule has 5 aromatic rings. The van der Waals surface area contributed by atoms with E-state index in [1.54, 1.807) is 83.4 Å². The van der Waals surface area contributed by atoms with Gasteiger partial charge >= 0.3 is 26.1 Å². The molecule has 0 bridgehead atoms. The molecule has 1 aromatic heterocycles. The van der Waals surface area contributed by atoms with Crippen molar-refractivity contribution in [3.8, 4) is 28.7 Å². The number of nitrogens with one attached hydrogen (secondary N) is 2. The second-order valence-electron chi connectivity index (χ2n) is 21.5. The summed E-state index contributed by atoms with van der Waals surface area (Å²) in [4.78, 5) is 95.0. The van der Waals surface area contributed by atoms with Crippen LogP contribution < -0.4 is 34.3 Å². The Morgan fingerprint density at radius 3 is 1.98 bits per heavy atom. The molecule has 3 atom stereocenters. The number of quaternary nitrogens is 1. The summed E-state index contributed by atoms with van der Waals surface area (Å²) in [5.74, 6) is -0.637. The molecule has 2 saturated heterocycles. The zero-order chi connectivity index (χ0) is 61.2. The number of aromatic nitrogens is 1. The van der Waals surface area contributed by atoms with Gasteiger partial charge in [0.2, 0.25) is 6.10 Å². The molecule has 2 fully saturated rings. The fourth-order valence-electron chi connectivity index (χ4n) is 9.52. The number of benzene rings is 4. The first-order valence-corrected chi connectivity index (χ1v) is 29.2. The van der Waals surface area contributed by atoms with E-state index in [1.807, 2.05) is 62.6 Å². The van der Waals surface area contributed by atoms with Crippen LogP contribution >= 0.6 is 34.7 Å². The Kier molecular flexibility index (Phi) is 20.6. The number of piperidine rings is 1. The molecule has 4 amide bonds. The third kappa shape index (κ3) is 15.7. The number of carbonyl (C=O) groups is 6. The average Bonchev–Trinajstić information content (AvgIpc) is 1.04. The fraction of sp³-hybridized carbons (Fsp3) is 0.390. The van der Waals surface area contributed by atoms with Crippen LogP contribution in [-0.2, 0) is 58.0 Å². The number of halogens is 1. The standard InChI is InChI=1S/C59H65BClN7O15S2/c1-34(55(72)82-60)83-65-47(44-33-85-57(62-44)64-58(74)81-59(2,3)4)51(69)63-48-53(71)67-49(56(73)80-31-37-14-20-42(77-9)21-15-37)38(32-84-54(48)67)28-68(5,6)39-24-26-66(27-25-39)52(70)43-22-23-45(78-29-35-10-16-40(75-7)17-11-35)50(46(43)61)79-30-36-12-18-41(76-8)19-13-36/h10-23,33-34,39,48,54H,24-32H2,1-9H3,(H-,62,63,64,69,74)/p+1/b65-47-/t34-,48-,54-/m1/s1. The summed E-state index contributed by atoms with van der Waals surface area (Å²) in [6.45, 7) is 7.70. The van der Waals surface area contributed by atoms with Crippen LogP contribution in [-0.4, -0.2) is 159 Å². The number of β-lactam (4-membered cyclic amide) rings is 1. The van der Waals surface area contributed by atoms with Crippen LogP contribution in [0.3, 0.4) is 0 Å². The van der Waals surface area contributed by atoms with Crippen molar-refractivity contribution in [2.45, 2.75) is 89.5 Å². The number of thiazole rings is 1. The van der Waals surface area contributed by atoms with Crippen molar-refractivity contribution < 1.29 is 75.9 Å². The smallest absolute Gasteiger partial charge is 0.413 e. The average molecular weight is 1220 g/mol. The van der Waals surface area contributed by atoms with Gasteiger partial charge in [0.05, 0.1) is 52.1 Å². The molecule has 0 aliphatic carbocycles. The van der Waals surface area contributed by atoms with Crippen LogP contribution in [0.25, 0.3) is 0 Å². The number of nitrogens with zero attached hydrogens (tertiary/aromatic N) is 5. The van der Waals surface area contributed by atoms with Crippen LogP contribution in [0.5, 0.6) is 28.7 Å². The van der Waals surface area contributed by atoms with Crippen molar-refractivity contribution in [3.05, 3.63) is 135 Å². The Morgan fingerprint density at radius 1 is 0.835 bits per heavy atom. The number of methoxy groups -OCH3 is 3. The minimum Gasteiger partial charge on any atom is -0.541 e. The highest BCUT2D eigenvalue weighted by atomic mass is 35.5. The topological polar surface area (TPSA) is 241 Å². The summed E-state index contributed by atoms with van der Waals surface area (Å²) in [5.41, 5.74) is 2.02. The first-order valence-electron chi connectivity index (χ1n) is 26.9. The molecule has 448 valence electrons. The molecule has 22 nitrogen and oxygen atoms in total. The van der Waals surface area contributed by atoms with E-state index in [2.05, 4.69) is 25.4 Å². The number of esters is 1. The lowest BCUT2D eigenvalue weighted by Crippen LogP contribution is -2.71. The summed E-state index contributed by atoms with van der Waals surface area (Å²) in [6.07, 6.45) is -0.976. The maximum absolute atomic E-state index is 14.5. The van der Waals surface area contributed by atoms with E-state index in [0.29, 0.717) is 71.1 Å². The Morgan fingerprint density at radius 2 is 1.41 bits per heavy atom. The van der Waals surface area contributed by atoms with Crippen molar-refractivity contribution in [2.75, 3.05) is 66.1 Å². The maximum Gasteiger partial charge on any atom is 0.413 e. The monoisotopic (exact) mass is 1220 g/mol. The number of carbonyl (C=O) groups excluding carboxylic acids is 6. The number of thioether (sulfide) groups is 1. The normalized spacial score (nSPS) is 16.7. The highest BCUT2D eigenvalue weighted by Gasteiger charge is 2.55. The van der Waals surface area contributed by atoms with Gasteiger partial charge in [-0.1, -0.05) is 53.2 Å². The van der Waals surface area contributed by atoms with Gasteiger partial charge in [0.25, 0.3) is 17.7 Å². The molecule has 2 N–H and O–H groups in total. The van der Waals surface area contributed by atoms with E-state index < -0.39 is 58.7 Å². The number of anilines is 1. The van der Waals surface area contributed by atoms with E-state index in [-0.39, 0.29) is 70.4 Å². The van der Waals surface area contributed by atoms with Gasteiger partial charge < -0.3 is 57.3 Å². The Hall–Kier alpha value is -8.00. The van der Waals surface area contributed by atoms with E-state index in [4.69, 9.17) is 57.6 Å². The van der Waals surface area contributed by atoms with Crippen molar-refractivity contribution in [3.63, 3.8) is 0 Å². The second kappa shape index (κ2) is 27.8. The van der Waals surface area contributed by atoms with Crippen molar-refractivity contribution >= 4 is 89.3 Å². The van der Waals surface area contributed by atoms with Gasteiger partial charge in [0.15, 0.2) is 22.3 Å². The van der Waals surface area contributed by atoms with E-state index in [1.165, 1.54) is 29.0 Å². The van der Waals surface area contributed by atoms with E-state index >= 15 is 0 Å². The van der Waals surface area contributed by atoms with Gasteiger partial charge in [-0.25, -0.2) is 19.4 Å².